The first-order chi connectivity index (χ1) is 10.8. The Morgan fingerprint density at radius 2 is 1.70 bits per heavy atom. The van der Waals surface area contributed by atoms with Gasteiger partial charge in [-0.25, -0.2) is 0 Å². The molecular formula is C20H36N2O. The Labute approximate surface area is 143 Å². The zero-order valence-electron chi connectivity index (χ0n) is 16.1. The van der Waals surface area contributed by atoms with Gasteiger partial charge in [-0.2, -0.15) is 0 Å². The largest absolute Gasteiger partial charge is 0.385 e. The van der Waals surface area contributed by atoms with E-state index in [-0.39, 0.29) is 5.91 Å². The topological polar surface area (TPSA) is 41.1 Å². The minimum Gasteiger partial charge on any atom is -0.385 e. The molecule has 0 heterocycles. The summed E-state index contributed by atoms with van der Waals surface area (Å²) in [7, 11) is 0. The number of aryl methyl sites for hydroxylation is 1. The van der Waals surface area contributed by atoms with Crippen LogP contribution in [0, 0.1) is 11.8 Å². The zero-order valence-corrected chi connectivity index (χ0v) is 16.1. The highest BCUT2D eigenvalue weighted by molar-refractivity contribution is 5.94. The highest BCUT2D eigenvalue weighted by Gasteiger charge is 2.09. The van der Waals surface area contributed by atoms with Crippen LogP contribution in [0.5, 0.6) is 0 Å². The molecule has 1 rings (SSSR count). The lowest BCUT2D eigenvalue weighted by molar-refractivity contribution is 0.0949. The molecule has 0 radical (unpaired) electrons. The number of benzene rings is 1. The monoisotopic (exact) mass is 320 g/mol. The van der Waals surface area contributed by atoms with Crippen molar-refractivity contribution in [1.29, 1.82) is 0 Å². The molecule has 0 saturated heterocycles. The van der Waals surface area contributed by atoms with Crippen molar-refractivity contribution < 1.29 is 4.79 Å². The number of hydrogen-bond donors (Lipinski definition) is 2. The van der Waals surface area contributed by atoms with E-state index in [2.05, 4.69) is 59.1 Å². The van der Waals surface area contributed by atoms with Crippen LogP contribution in [0.4, 0.5) is 5.69 Å². The molecule has 3 nitrogen and oxygen atoms in total. The fraction of sp³-hybridized carbons (Fsp3) is 0.650. The number of nitrogens with one attached hydrogen (secondary N) is 2. The summed E-state index contributed by atoms with van der Waals surface area (Å²) in [6.45, 7) is 16.6. The van der Waals surface area contributed by atoms with Gasteiger partial charge >= 0.3 is 0 Å². The van der Waals surface area contributed by atoms with Crippen LogP contribution >= 0.6 is 0 Å². The fourth-order valence-electron chi connectivity index (χ4n) is 1.86. The maximum Gasteiger partial charge on any atom is 0.251 e. The maximum absolute atomic E-state index is 12.0. The van der Waals surface area contributed by atoms with Crippen molar-refractivity contribution in [1.82, 2.24) is 5.32 Å². The van der Waals surface area contributed by atoms with Crippen LogP contribution in [0.2, 0.25) is 0 Å². The van der Waals surface area contributed by atoms with Crippen LogP contribution in [0.15, 0.2) is 18.2 Å². The van der Waals surface area contributed by atoms with Crippen molar-refractivity contribution in [3.8, 4) is 0 Å². The second-order valence-electron chi connectivity index (χ2n) is 6.99. The molecule has 0 saturated carbocycles. The molecule has 0 aliphatic carbocycles. The van der Waals surface area contributed by atoms with E-state index >= 15 is 0 Å². The number of amides is 1. The Kier molecular flexibility index (Phi) is 11.2. The molecule has 0 aliphatic heterocycles. The van der Waals surface area contributed by atoms with Gasteiger partial charge in [0.25, 0.3) is 5.91 Å². The summed E-state index contributed by atoms with van der Waals surface area (Å²) in [5.74, 6) is 1.32. The van der Waals surface area contributed by atoms with E-state index in [1.165, 1.54) is 5.56 Å². The van der Waals surface area contributed by atoms with Gasteiger partial charge in [0.1, 0.15) is 0 Å². The summed E-state index contributed by atoms with van der Waals surface area (Å²) in [5.41, 5.74) is 3.09. The van der Waals surface area contributed by atoms with Gasteiger partial charge in [-0.1, -0.05) is 48.5 Å². The Bertz CT molecular complexity index is 450. The lowest BCUT2D eigenvalue weighted by Gasteiger charge is -2.13. The van der Waals surface area contributed by atoms with Crippen LogP contribution in [0.3, 0.4) is 0 Å². The van der Waals surface area contributed by atoms with Gasteiger partial charge in [-0.3, -0.25) is 4.79 Å². The zero-order chi connectivity index (χ0) is 17.8. The Morgan fingerprint density at radius 1 is 1.09 bits per heavy atom. The molecule has 0 unspecified atom stereocenters. The van der Waals surface area contributed by atoms with Crippen LogP contribution in [0.1, 0.15) is 70.8 Å². The predicted molar refractivity (Wildman–Crippen MR) is 102 cm³/mol. The van der Waals surface area contributed by atoms with E-state index in [1.807, 2.05) is 18.2 Å². The fourth-order valence-corrected chi connectivity index (χ4v) is 1.86. The van der Waals surface area contributed by atoms with Gasteiger partial charge in [0.05, 0.1) is 0 Å². The Hall–Kier alpha value is -1.51. The number of hydrogen-bond acceptors (Lipinski definition) is 2. The first kappa shape index (κ1) is 21.5. The van der Waals surface area contributed by atoms with Crippen molar-refractivity contribution in [3.05, 3.63) is 29.3 Å². The normalized spacial score (nSPS) is 10.3. The number of carbonyl (C=O) groups excluding carboxylic acids is 1. The van der Waals surface area contributed by atoms with Gasteiger partial charge in [-0.15, -0.1) is 0 Å². The molecule has 1 amide bonds. The summed E-state index contributed by atoms with van der Waals surface area (Å²) in [6.07, 6.45) is 2.02. The summed E-state index contributed by atoms with van der Waals surface area (Å²) in [4.78, 5) is 12.0. The molecule has 2 N–H and O–H groups in total. The minimum absolute atomic E-state index is 0.0189. The lowest BCUT2D eigenvalue weighted by atomic mass is 10.1. The molecule has 0 fully saturated rings. The van der Waals surface area contributed by atoms with E-state index < -0.39 is 0 Å². The van der Waals surface area contributed by atoms with Gasteiger partial charge < -0.3 is 10.6 Å². The van der Waals surface area contributed by atoms with E-state index in [0.717, 1.165) is 43.1 Å². The number of carbonyl (C=O) groups is 1. The van der Waals surface area contributed by atoms with E-state index in [0.29, 0.717) is 5.92 Å². The van der Waals surface area contributed by atoms with Crippen LogP contribution in [-0.2, 0) is 6.42 Å². The smallest absolute Gasteiger partial charge is 0.251 e. The van der Waals surface area contributed by atoms with Gasteiger partial charge in [-0.05, 0) is 48.4 Å². The standard InChI is InChI=1S/C16H26N2O.C4H10/c1-5-9-17-15-8-7-14(10-13(15)6-2)16(19)18-11-12(3)4;1-4(2)3/h7-8,10,12,17H,5-6,9,11H2,1-4H3,(H,18,19);4H,1-3H3. The summed E-state index contributed by atoms with van der Waals surface area (Å²) in [5, 5.41) is 6.35. The van der Waals surface area contributed by atoms with Crippen molar-refractivity contribution in [2.45, 2.75) is 61.3 Å². The molecule has 0 aliphatic rings. The van der Waals surface area contributed by atoms with Gasteiger partial charge in [0.2, 0.25) is 0 Å². The van der Waals surface area contributed by atoms with E-state index in [1.54, 1.807) is 0 Å². The molecule has 0 aromatic heterocycles. The van der Waals surface area contributed by atoms with Crippen LogP contribution in [0.25, 0.3) is 0 Å². The van der Waals surface area contributed by atoms with E-state index in [9.17, 15) is 4.79 Å². The first-order valence-corrected chi connectivity index (χ1v) is 8.96. The lowest BCUT2D eigenvalue weighted by Crippen LogP contribution is -2.27. The average molecular weight is 321 g/mol. The van der Waals surface area contributed by atoms with Crippen LogP contribution < -0.4 is 10.6 Å². The molecule has 0 spiro atoms. The Balaban J connectivity index is 0.00000108. The highest BCUT2D eigenvalue weighted by atomic mass is 16.1. The third kappa shape index (κ3) is 9.98. The summed E-state index contributed by atoms with van der Waals surface area (Å²) < 4.78 is 0. The third-order valence-corrected chi connectivity index (χ3v) is 2.98. The molecular weight excluding hydrogens is 284 g/mol. The highest BCUT2D eigenvalue weighted by Crippen LogP contribution is 2.18. The van der Waals surface area contributed by atoms with E-state index in [4.69, 9.17) is 0 Å². The molecule has 132 valence electrons. The van der Waals surface area contributed by atoms with Gasteiger partial charge in [0.15, 0.2) is 0 Å². The molecule has 23 heavy (non-hydrogen) atoms. The number of anilines is 1. The molecule has 3 heteroatoms. The molecule has 0 bridgehead atoms. The second-order valence-corrected chi connectivity index (χ2v) is 6.99. The third-order valence-electron chi connectivity index (χ3n) is 2.98. The van der Waals surface area contributed by atoms with Crippen molar-refractivity contribution in [2.24, 2.45) is 11.8 Å². The molecule has 1 aromatic carbocycles. The van der Waals surface area contributed by atoms with Crippen LogP contribution in [-0.4, -0.2) is 19.0 Å². The molecule has 1 aromatic rings. The van der Waals surface area contributed by atoms with Gasteiger partial charge in [0, 0.05) is 24.3 Å². The predicted octanol–water partition coefficient (Wildman–Crippen LogP) is 5.12. The number of rotatable bonds is 7. The minimum atomic E-state index is 0.0189. The van der Waals surface area contributed by atoms with Crippen molar-refractivity contribution in [2.75, 3.05) is 18.4 Å². The average Bonchev–Trinajstić information content (AvgIpc) is 2.49. The molecule has 0 atom stereocenters. The quantitative estimate of drug-likeness (QED) is 0.732. The summed E-state index contributed by atoms with van der Waals surface area (Å²) >= 11 is 0. The first-order valence-electron chi connectivity index (χ1n) is 8.96. The van der Waals surface area contributed by atoms with Crippen molar-refractivity contribution in [3.63, 3.8) is 0 Å². The SMILES string of the molecule is CC(C)C.CCCNc1ccc(C(=O)NCC(C)C)cc1CC. The maximum atomic E-state index is 12.0. The van der Waals surface area contributed by atoms with Crippen molar-refractivity contribution >= 4 is 11.6 Å². The Morgan fingerprint density at radius 3 is 2.17 bits per heavy atom. The summed E-state index contributed by atoms with van der Waals surface area (Å²) in [6, 6.07) is 5.90. The second kappa shape index (κ2) is 12.0.